The second-order valence-electron chi connectivity index (χ2n) is 7.33. The van der Waals surface area contributed by atoms with Gasteiger partial charge in [0.25, 0.3) is 5.91 Å². The largest absolute Gasteiger partial charge is 0.394 e. The molecule has 1 atom stereocenters. The fourth-order valence-electron chi connectivity index (χ4n) is 3.54. The first-order chi connectivity index (χ1) is 14.1. The zero-order valence-electron chi connectivity index (χ0n) is 16.3. The lowest BCUT2D eigenvalue weighted by molar-refractivity contribution is -0.124. The third-order valence-electron chi connectivity index (χ3n) is 5.18. The van der Waals surface area contributed by atoms with Gasteiger partial charge in [0.2, 0.25) is 5.91 Å². The molecule has 6 nitrogen and oxygen atoms in total. The van der Waals surface area contributed by atoms with Crippen LogP contribution in [0, 0.1) is 0 Å². The molecule has 0 saturated heterocycles. The summed E-state index contributed by atoms with van der Waals surface area (Å²) in [6.45, 7) is -0.493. The molecule has 6 heteroatoms. The monoisotopic (exact) mass is 394 g/mol. The Kier molecular flexibility index (Phi) is 7.14. The van der Waals surface area contributed by atoms with E-state index < -0.39 is 18.6 Å². The third-order valence-corrected chi connectivity index (χ3v) is 5.18. The summed E-state index contributed by atoms with van der Waals surface area (Å²) < 4.78 is 0. The quantitative estimate of drug-likeness (QED) is 0.629. The van der Waals surface area contributed by atoms with E-state index >= 15 is 0 Å². The SMILES string of the molecule is O=C(NC(CO)C(=O)NC1CCCCC1)c1cccc(C(=O)c2ccccc2)c1. The number of aliphatic hydroxyl groups is 1. The van der Waals surface area contributed by atoms with E-state index in [0.717, 1.165) is 25.7 Å². The van der Waals surface area contributed by atoms with Crippen molar-refractivity contribution in [2.45, 2.75) is 44.2 Å². The van der Waals surface area contributed by atoms with Crippen molar-refractivity contribution < 1.29 is 19.5 Å². The molecule has 0 aromatic heterocycles. The van der Waals surface area contributed by atoms with Crippen LogP contribution in [-0.2, 0) is 4.79 Å². The molecule has 1 aliphatic carbocycles. The van der Waals surface area contributed by atoms with E-state index in [1.165, 1.54) is 12.5 Å². The van der Waals surface area contributed by atoms with Crippen LogP contribution in [0.5, 0.6) is 0 Å². The zero-order chi connectivity index (χ0) is 20.6. The van der Waals surface area contributed by atoms with Gasteiger partial charge >= 0.3 is 0 Å². The van der Waals surface area contributed by atoms with Gasteiger partial charge in [-0.25, -0.2) is 0 Å². The lowest BCUT2D eigenvalue weighted by Crippen LogP contribution is -2.51. The molecule has 2 aromatic carbocycles. The van der Waals surface area contributed by atoms with Crippen LogP contribution in [0.15, 0.2) is 54.6 Å². The van der Waals surface area contributed by atoms with Crippen molar-refractivity contribution in [1.29, 1.82) is 0 Å². The van der Waals surface area contributed by atoms with E-state index in [1.54, 1.807) is 42.5 Å². The first kappa shape index (κ1) is 20.7. The minimum Gasteiger partial charge on any atom is -0.394 e. The van der Waals surface area contributed by atoms with Crippen molar-refractivity contribution in [2.75, 3.05) is 6.61 Å². The molecule has 0 spiro atoms. The third kappa shape index (κ3) is 5.51. The average Bonchev–Trinajstić information content (AvgIpc) is 2.78. The number of carbonyl (C=O) groups is 3. The van der Waals surface area contributed by atoms with Crippen LogP contribution < -0.4 is 10.6 Å². The number of aliphatic hydroxyl groups excluding tert-OH is 1. The lowest BCUT2D eigenvalue weighted by atomic mass is 9.95. The van der Waals surface area contributed by atoms with Gasteiger partial charge in [-0.2, -0.15) is 0 Å². The van der Waals surface area contributed by atoms with Gasteiger partial charge in [-0.1, -0.05) is 61.7 Å². The van der Waals surface area contributed by atoms with Gasteiger partial charge < -0.3 is 15.7 Å². The summed E-state index contributed by atoms with van der Waals surface area (Å²) >= 11 is 0. The van der Waals surface area contributed by atoms with Gasteiger partial charge in [0.05, 0.1) is 6.61 Å². The highest BCUT2D eigenvalue weighted by molar-refractivity contribution is 6.10. The second-order valence-corrected chi connectivity index (χ2v) is 7.33. The fourth-order valence-corrected chi connectivity index (χ4v) is 3.54. The maximum atomic E-state index is 12.6. The van der Waals surface area contributed by atoms with E-state index in [-0.39, 0.29) is 23.3 Å². The Morgan fingerprint density at radius 3 is 2.24 bits per heavy atom. The Hall–Kier alpha value is -2.99. The Morgan fingerprint density at radius 2 is 1.55 bits per heavy atom. The number of hydrogen-bond donors (Lipinski definition) is 3. The number of hydrogen-bond acceptors (Lipinski definition) is 4. The molecule has 3 N–H and O–H groups in total. The summed E-state index contributed by atoms with van der Waals surface area (Å²) in [6, 6.07) is 14.2. The summed E-state index contributed by atoms with van der Waals surface area (Å²) in [6.07, 6.45) is 5.15. The van der Waals surface area contributed by atoms with Crippen LogP contribution in [0.4, 0.5) is 0 Å². The highest BCUT2D eigenvalue weighted by atomic mass is 16.3. The maximum absolute atomic E-state index is 12.6. The number of amides is 2. The van der Waals surface area contributed by atoms with Gasteiger partial charge in [0.1, 0.15) is 6.04 Å². The van der Waals surface area contributed by atoms with Gasteiger partial charge in [-0.15, -0.1) is 0 Å². The fraction of sp³-hybridized carbons (Fsp3) is 0.348. The van der Waals surface area contributed by atoms with Crippen molar-refractivity contribution in [3.63, 3.8) is 0 Å². The first-order valence-electron chi connectivity index (χ1n) is 10.0. The van der Waals surface area contributed by atoms with Crippen molar-refractivity contribution in [1.82, 2.24) is 10.6 Å². The number of benzene rings is 2. The smallest absolute Gasteiger partial charge is 0.252 e. The number of nitrogens with one attached hydrogen (secondary N) is 2. The molecule has 1 aliphatic rings. The molecule has 1 fully saturated rings. The molecular weight excluding hydrogens is 368 g/mol. The predicted molar refractivity (Wildman–Crippen MR) is 110 cm³/mol. The molecule has 1 unspecified atom stereocenters. The normalized spacial score (nSPS) is 15.3. The molecule has 152 valence electrons. The highest BCUT2D eigenvalue weighted by Crippen LogP contribution is 2.17. The summed E-state index contributed by atoms with van der Waals surface area (Å²) in [7, 11) is 0. The minimum absolute atomic E-state index is 0.0917. The Balaban J connectivity index is 1.66. The van der Waals surface area contributed by atoms with Gasteiger partial charge in [0.15, 0.2) is 5.78 Å². The van der Waals surface area contributed by atoms with E-state index in [0.29, 0.717) is 11.1 Å². The van der Waals surface area contributed by atoms with Gasteiger partial charge in [-0.3, -0.25) is 14.4 Å². The minimum atomic E-state index is -1.03. The molecule has 0 aliphatic heterocycles. The van der Waals surface area contributed by atoms with Crippen LogP contribution in [0.3, 0.4) is 0 Å². The summed E-state index contributed by atoms with van der Waals surface area (Å²) in [5, 5.41) is 15.1. The Bertz CT molecular complexity index is 860. The van der Waals surface area contributed by atoms with Crippen molar-refractivity contribution in [2.24, 2.45) is 0 Å². The Labute approximate surface area is 170 Å². The van der Waals surface area contributed by atoms with E-state index in [9.17, 15) is 19.5 Å². The van der Waals surface area contributed by atoms with E-state index in [1.807, 2.05) is 6.07 Å². The Morgan fingerprint density at radius 1 is 0.897 bits per heavy atom. The second kappa shape index (κ2) is 9.98. The standard InChI is InChI=1S/C23H26N2O4/c26-15-20(23(29)24-19-12-5-2-6-13-19)25-22(28)18-11-7-10-17(14-18)21(27)16-8-3-1-4-9-16/h1,3-4,7-11,14,19-20,26H,2,5-6,12-13,15H2,(H,24,29)(H,25,28). The molecule has 0 radical (unpaired) electrons. The molecule has 0 heterocycles. The molecular formula is C23H26N2O4. The van der Waals surface area contributed by atoms with Gasteiger partial charge in [-0.05, 0) is 25.0 Å². The molecule has 29 heavy (non-hydrogen) atoms. The van der Waals surface area contributed by atoms with Crippen LogP contribution >= 0.6 is 0 Å². The molecule has 1 saturated carbocycles. The summed E-state index contributed by atoms with van der Waals surface area (Å²) in [5.74, 6) is -1.08. The van der Waals surface area contributed by atoms with E-state index in [2.05, 4.69) is 10.6 Å². The number of ketones is 1. The summed E-state index contributed by atoms with van der Waals surface area (Å²) in [5.41, 5.74) is 1.18. The number of carbonyl (C=O) groups excluding carboxylic acids is 3. The van der Waals surface area contributed by atoms with Crippen molar-refractivity contribution in [3.05, 3.63) is 71.3 Å². The van der Waals surface area contributed by atoms with Crippen LogP contribution in [0.2, 0.25) is 0 Å². The van der Waals surface area contributed by atoms with Crippen molar-refractivity contribution >= 4 is 17.6 Å². The molecule has 3 rings (SSSR count). The van der Waals surface area contributed by atoms with E-state index in [4.69, 9.17) is 0 Å². The molecule has 2 amide bonds. The van der Waals surface area contributed by atoms with Crippen LogP contribution in [0.1, 0.15) is 58.4 Å². The molecule has 0 bridgehead atoms. The van der Waals surface area contributed by atoms with Crippen LogP contribution in [0.25, 0.3) is 0 Å². The van der Waals surface area contributed by atoms with Crippen LogP contribution in [-0.4, -0.2) is 41.4 Å². The summed E-state index contributed by atoms with van der Waals surface area (Å²) in [4.78, 5) is 37.6. The maximum Gasteiger partial charge on any atom is 0.252 e. The topological polar surface area (TPSA) is 95.5 Å². The van der Waals surface area contributed by atoms with Crippen molar-refractivity contribution in [3.8, 4) is 0 Å². The highest BCUT2D eigenvalue weighted by Gasteiger charge is 2.24. The average molecular weight is 394 g/mol. The zero-order valence-corrected chi connectivity index (χ0v) is 16.3. The lowest BCUT2D eigenvalue weighted by Gasteiger charge is -2.25. The van der Waals surface area contributed by atoms with Gasteiger partial charge in [0, 0.05) is 22.7 Å². The first-order valence-corrected chi connectivity index (χ1v) is 10.0. The molecule has 2 aromatic rings. The predicted octanol–water partition coefficient (Wildman–Crippen LogP) is 2.46. The number of rotatable bonds is 7.